The molecule has 1 aromatic rings. The van der Waals surface area contributed by atoms with E-state index in [2.05, 4.69) is 0 Å². The largest absolute Gasteiger partial charge is 0.495 e. The molecule has 2 atom stereocenters. The lowest BCUT2D eigenvalue weighted by atomic mass is 9.74. The van der Waals surface area contributed by atoms with E-state index in [0.29, 0.717) is 42.5 Å². The van der Waals surface area contributed by atoms with Crippen LogP contribution in [-0.4, -0.2) is 55.3 Å². The van der Waals surface area contributed by atoms with Crippen molar-refractivity contribution in [1.82, 2.24) is 4.90 Å². The molecule has 7 heteroatoms. The first-order valence-corrected chi connectivity index (χ1v) is 7.79. The molecule has 0 spiro atoms. The molecular weight excluding hydrogens is 322 g/mol. The molecule has 2 aliphatic rings. The third-order valence-corrected chi connectivity index (χ3v) is 5.13. The van der Waals surface area contributed by atoms with Crippen LogP contribution in [0.2, 0.25) is 5.02 Å². The molecule has 0 saturated carbocycles. The lowest BCUT2D eigenvalue weighted by Gasteiger charge is -2.33. The van der Waals surface area contributed by atoms with Gasteiger partial charge in [-0.2, -0.15) is 0 Å². The number of aliphatic carboxylic acids is 1. The first-order chi connectivity index (χ1) is 11.0. The van der Waals surface area contributed by atoms with E-state index in [1.54, 1.807) is 23.1 Å². The molecule has 0 radical (unpaired) electrons. The maximum Gasteiger partial charge on any atom is 0.311 e. The maximum absolute atomic E-state index is 12.7. The van der Waals surface area contributed by atoms with E-state index in [1.165, 1.54) is 7.11 Å². The summed E-state index contributed by atoms with van der Waals surface area (Å²) in [6, 6.07) is 4.81. The number of hydrogen-bond acceptors (Lipinski definition) is 4. The predicted octanol–water partition coefficient (Wildman–Crippen LogP) is 1.91. The quantitative estimate of drug-likeness (QED) is 0.910. The minimum Gasteiger partial charge on any atom is -0.495 e. The topological polar surface area (TPSA) is 76.1 Å². The zero-order valence-corrected chi connectivity index (χ0v) is 13.5. The van der Waals surface area contributed by atoms with Crippen LogP contribution in [-0.2, 0) is 9.53 Å². The molecule has 124 valence electrons. The molecule has 6 nitrogen and oxygen atoms in total. The predicted molar refractivity (Wildman–Crippen MR) is 82.9 cm³/mol. The van der Waals surface area contributed by atoms with Gasteiger partial charge in [-0.15, -0.1) is 0 Å². The monoisotopic (exact) mass is 339 g/mol. The van der Waals surface area contributed by atoms with Crippen LogP contribution in [0.15, 0.2) is 18.2 Å². The number of benzene rings is 1. The van der Waals surface area contributed by atoms with Crippen molar-refractivity contribution in [1.29, 1.82) is 0 Å². The van der Waals surface area contributed by atoms with Gasteiger partial charge in [-0.25, -0.2) is 0 Å². The molecule has 0 unspecified atom stereocenters. The summed E-state index contributed by atoms with van der Waals surface area (Å²) in [5.41, 5.74) is -0.462. The fourth-order valence-corrected chi connectivity index (χ4v) is 3.62. The highest BCUT2D eigenvalue weighted by molar-refractivity contribution is 6.32. The Morgan fingerprint density at radius 2 is 2.26 bits per heavy atom. The summed E-state index contributed by atoms with van der Waals surface area (Å²) in [5, 5.41) is 10.1. The fraction of sp³-hybridized carbons (Fsp3) is 0.500. The number of ether oxygens (including phenoxy) is 2. The van der Waals surface area contributed by atoms with Crippen LogP contribution in [0.1, 0.15) is 16.8 Å². The number of hydrogen-bond donors (Lipinski definition) is 1. The number of carboxylic acid groups (broad SMARTS) is 1. The van der Waals surface area contributed by atoms with E-state index in [-0.39, 0.29) is 18.4 Å². The number of halogens is 1. The van der Waals surface area contributed by atoms with Crippen molar-refractivity contribution < 1.29 is 24.2 Å². The lowest BCUT2D eigenvalue weighted by molar-refractivity contribution is -0.157. The Morgan fingerprint density at radius 1 is 1.48 bits per heavy atom. The van der Waals surface area contributed by atoms with Crippen molar-refractivity contribution in [3.63, 3.8) is 0 Å². The van der Waals surface area contributed by atoms with Crippen molar-refractivity contribution in [2.75, 3.05) is 33.4 Å². The van der Waals surface area contributed by atoms with Crippen LogP contribution < -0.4 is 4.74 Å². The van der Waals surface area contributed by atoms with Gasteiger partial charge in [0.1, 0.15) is 5.75 Å². The molecule has 0 aromatic heterocycles. The zero-order valence-electron chi connectivity index (χ0n) is 12.8. The summed E-state index contributed by atoms with van der Waals surface area (Å²) in [6.45, 7) is 1.38. The third-order valence-electron chi connectivity index (χ3n) is 4.82. The van der Waals surface area contributed by atoms with Gasteiger partial charge >= 0.3 is 5.97 Å². The van der Waals surface area contributed by atoms with Gasteiger partial charge in [-0.1, -0.05) is 11.6 Å². The summed E-state index contributed by atoms with van der Waals surface area (Å²) in [6.07, 6.45) is 0.431. The van der Waals surface area contributed by atoms with Gasteiger partial charge in [0.2, 0.25) is 0 Å². The summed E-state index contributed by atoms with van der Waals surface area (Å²) in [4.78, 5) is 26.1. The molecule has 1 aromatic carbocycles. The second-order valence-corrected chi connectivity index (χ2v) is 6.43. The average molecular weight is 340 g/mol. The Bertz CT molecular complexity index is 649. The third kappa shape index (κ3) is 2.66. The smallest absolute Gasteiger partial charge is 0.311 e. The lowest BCUT2D eigenvalue weighted by Crippen LogP contribution is -2.45. The standard InChI is InChI=1S/C16H18ClNO5/c1-22-13-6-10(2-3-12(13)17)14(19)18-7-11-8-23-5-4-16(11,9-18)15(20)21/h2-3,6,11H,4-5,7-9H2,1H3,(H,20,21)/t11-,16+/m0/s1. The van der Waals surface area contributed by atoms with Crippen LogP contribution in [0.5, 0.6) is 5.75 Å². The van der Waals surface area contributed by atoms with Crippen molar-refractivity contribution >= 4 is 23.5 Å². The molecule has 2 saturated heterocycles. The second-order valence-electron chi connectivity index (χ2n) is 6.02. The highest BCUT2D eigenvalue weighted by Gasteiger charge is 2.54. The minimum atomic E-state index is -0.898. The molecule has 2 heterocycles. The zero-order chi connectivity index (χ0) is 16.6. The Morgan fingerprint density at radius 3 is 2.91 bits per heavy atom. The normalized spacial score (nSPS) is 26.7. The number of amides is 1. The van der Waals surface area contributed by atoms with Crippen molar-refractivity contribution in [3.05, 3.63) is 28.8 Å². The Hall–Kier alpha value is -1.79. The van der Waals surface area contributed by atoms with Crippen LogP contribution in [0.3, 0.4) is 0 Å². The number of methoxy groups -OCH3 is 1. The fourth-order valence-electron chi connectivity index (χ4n) is 3.43. The van der Waals surface area contributed by atoms with E-state index < -0.39 is 11.4 Å². The summed E-state index contributed by atoms with van der Waals surface area (Å²) < 4.78 is 10.5. The molecule has 1 amide bonds. The van der Waals surface area contributed by atoms with Gasteiger partial charge < -0.3 is 19.5 Å². The number of rotatable bonds is 3. The van der Waals surface area contributed by atoms with Crippen LogP contribution in [0.4, 0.5) is 0 Å². The van der Waals surface area contributed by atoms with Gasteiger partial charge in [0.05, 0.1) is 24.2 Å². The number of nitrogens with zero attached hydrogens (tertiary/aromatic N) is 1. The van der Waals surface area contributed by atoms with Crippen molar-refractivity contribution in [3.8, 4) is 5.75 Å². The Labute approximate surface area is 138 Å². The molecule has 2 aliphatic heterocycles. The van der Waals surface area contributed by atoms with Gasteiger partial charge in [0.15, 0.2) is 0 Å². The summed E-state index contributed by atoms with van der Waals surface area (Å²) in [7, 11) is 1.48. The molecule has 0 aliphatic carbocycles. The molecule has 23 heavy (non-hydrogen) atoms. The van der Waals surface area contributed by atoms with E-state index in [1.807, 2.05) is 0 Å². The molecule has 3 rings (SSSR count). The van der Waals surface area contributed by atoms with Crippen molar-refractivity contribution in [2.45, 2.75) is 6.42 Å². The number of fused-ring (bicyclic) bond motifs is 1. The Kier molecular flexibility index (Phi) is 4.21. The number of likely N-dealkylation sites (tertiary alicyclic amines) is 1. The Balaban J connectivity index is 1.85. The number of carbonyl (C=O) groups is 2. The van der Waals surface area contributed by atoms with E-state index in [9.17, 15) is 14.7 Å². The highest BCUT2D eigenvalue weighted by Crippen LogP contribution is 2.43. The van der Waals surface area contributed by atoms with Gasteiger partial charge in [0.25, 0.3) is 5.91 Å². The SMILES string of the molecule is COc1cc(C(=O)N2C[C@H]3COCC[C@@]3(C(=O)O)C2)ccc1Cl. The van der Waals surface area contributed by atoms with Gasteiger partial charge in [-0.3, -0.25) is 9.59 Å². The molecule has 0 bridgehead atoms. The van der Waals surface area contributed by atoms with E-state index in [0.717, 1.165) is 0 Å². The first kappa shape index (κ1) is 16.1. The van der Waals surface area contributed by atoms with Crippen LogP contribution >= 0.6 is 11.6 Å². The molecule has 2 fully saturated rings. The van der Waals surface area contributed by atoms with Gasteiger partial charge in [0, 0.05) is 31.2 Å². The van der Waals surface area contributed by atoms with E-state index >= 15 is 0 Å². The van der Waals surface area contributed by atoms with Crippen molar-refractivity contribution in [2.24, 2.45) is 11.3 Å². The van der Waals surface area contributed by atoms with Crippen LogP contribution in [0, 0.1) is 11.3 Å². The van der Waals surface area contributed by atoms with E-state index in [4.69, 9.17) is 21.1 Å². The van der Waals surface area contributed by atoms with Crippen LogP contribution in [0.25, 0.3) is 0 Å². The van der Waals surface area contributed by atoms with Gasteiger partial charge in [-0.05, 0) is 24.6 Å². The summed E-state index contributed by atoms with van der Waals surface area (Å²) in [5.74, 6) is -0.818. The second kappa shape index (κ2) is 6.02. The summed E-state index contributed by atoms with van der Waals surface area (Å²) >= 11 is 5.98. The minimum absolute atomic E-state index is 0.174. The highest BCUT2D eigenvalue weighted by atomic mass is 35.5. The first-order valence-electron chi connectivity index (χ1n) is 7.42. The number of carboxylic acids is 1. The maximum atomic E-state index is 12.7. The molecule has 1 N–H and O–H groups in total. The average Bonchev–Trinajstić information content (AvgIpc) is 2.95. The molecular formula is C16H18ClNO5. The number of carbonyl (C=O) groups excluding carboxylic acids is 1.